The second-order valence-corrected chi connectivity index (χ2v) is 4.69. The maximum Gasteiger partial charge on any atom is 0.319 e. The number of aliphatic hydroxyl groups is 1. The van der Waals surface area contributed by atoms with E-state index in [-0.39, 0.29) is 6.54 Å². The van der Waals surface area contributed by atoms with E-state index in [1.807, 2.05) is 0 Å². The van der Waals surface area contributed by atoms with Crippen molar-refractivity contribution in [2.45, 2.75) is 6.10 Å². The fourth-order valence-electron chi connectivity index (χ4n) is 2.01. The van der Waals surface area contributed by atoms with Crippen LogP contribution in [0, 0.1) is 0 Å². The number of aromatic nitrogens is 1. The van der Waals surface area contributed by atoms with Crippen LogP contribution in [0.4, 0.5) is 10.5 Å². The first-order valence-electron chi connectivity index (χ1n) is 6.99. The molecule has 2 rings (SSSR count). The number of hydrogen-bond acceptors (Lipinski definition) is 5. The van der Waals surface area contributed by atoms with Crippen LogP contribution in [0.25, 0.3) is 0 Å². The highest BCUT2D eigenvalue weighted by molar-refractivity contribution is 5.89. The monoisotopic (exact) mass is 317 g/mol. The third kappa shape index (κ3) is 4.58. The summed E-state index contributed by atoms with van der Waals surface area (Å²) in [5, 5.41) is 15.5. The van der Waals surface area contributed by atoms with Gasteiger partial charge in [0.1, 0.15) is 17.6 Å². The van der Waals surface area contributed by atoms with Crippen molar-refractivity contribution in [1.82, 2.24) is 10.3 Å². The van der Waals surface area contributed by atoms with Crippen LogP contribution in [0.3, 0.4) is 0 Å². The molecule has 1 aromatic carbocycles. The number of rotatable bonds is 6. The summed E-state index contributed by atoms with van der Waals surface area (Å²) < 4.78 is 10.4. The van der Waals surface area contributed by atoms with Gasteiger partial charge in [0, 0.05) is 30.2 Å². The van der Waals surface area contributed by atoms with Gasteiger partial charge in [0.05, 0.1) is 14.2 Å². The molecule has 0 spiro atoms. The van der Waals surface area contributed by atoms with Gasteiger partial charge in [-0.25, -0.2) is 4.79 Å². The van der Waals surface area contributed by atoms with Gasteiger partial charge in [0.2, 0.25) is 0 Å². The van der Waals surface area contributed by atoms with E-state index in [9.17, 15) is 9.90 Å². The molecule has 3 N–H and O–H groups in total. The summed E-state index contributed by atoms with van der Waals surface area (Å²) >= 11 is 0. The van der Waals surface area contributed by atoms with Gasteiger partial charge in [-0.2, -0.15) is 0 Å². The maximum absolute atomic E-state index is 11.8. The summed E-state index contributed by atoms with van der Waals surface area (Å²) in [7, 11) is 3.06. The van der Waals surface area contributed by atoms with Crippen LogP contribution in [0.5, 0.6) is 11.5 Å². The number of carbonyl (C=O) groups is 1. The SMILES string of the molecule is COc1ccc(OC)c(C(O)CNC(=O)Nc2ccncc2)c1. The number of amides is 2. The average molecular weight is 317 g/mol. The van der Waals surface area contributed by atoms with Gasteiger partial charge >= 0.3 is 6.03 Å². The third-order valence-electron chi connectivity index (χ3n) is 3.19. The first-order valence-corrected chi connectivity index (χ1v) is 6.99. The van der Waals surface area contributed by atoms with Crippen molar-refractivity contribution in [1.29, 1.82) is 0 Å². The van der Waals surface area contributed by atoms with E-state index < -0.39 is 12.1 Å². The molecule has 0 aliphatic heterocycles. The van der Waals surface area contributed by atoms with Crippen molar-refractivity contribution in [3.05, 3.63) is 48.3 Å². The number of carbonyl (C=O) groups excluding carboxylic acids is 1. The summed E-state index contributed by atoms with van der Waals surface area (Å²) in [6.45, 7) is 0.0282. The number of benzene rings is 1. The summed E-state index contributed by atoms with van der Waals surface area (Å²) in [4.78, 5) is 15.7. The van der Waals surface area contributed by atoms with Crippen molar-refractivity contribution in [3.63, 3.8) is 0 Å². The molecule has 0 aliphatic carbocycles. The van der Waals surface area contributed by atoms with E-state index in [1.54, 1.807) is 49.8 Å². The second-order valence-electron chi connectivity index (χ2n) is 4.69. The zero-order valence-electron chi connectivity index (χ0n) is 12.9. The van der Waals surface area contributed by atoms with Gasteiger partial charge in [0.25, 0.3) is 0 Å². The molecule has 7 heteroatoms. The molecule has 2 aromatic rings. The minimum Gasteiger partial charge on any atom is -0.497 e. The van der Waals surface area contributed by atoms with Crippen LogP contribution in [0.2, 0.25) is 0 Å². The zero-order valence-corrected chi connectivity index (χ0v) is 12.9. The van der Waals surface area contributed by atoms with Crippen molar-refractivity contribution in [3.8, 4) is 11.5 Å². The quantitative estimate of drug-likeness (QED) is 0.757. The average Bonchev–Trinajstić information content (AvgIpc) is 2.60. The molecule has 1 aromatic heterocycles. The van der Waals surface area contributed by atoms with Crippen LogP contribution >= 0.6 is 0 Å². The molecule has 0 bridgehead atoms. The van der Waals surface area contributed by atoms with Crippen LogP contribution in [-0.4, -0.2) is 36.9 Å². The number of nitrogens with zero attached hydrogens (tertiary/aromatic N) is 1. The first-order chi connectivity index (χ1) is 11.1. The lowest BCUT2D eigenvalue weighted by Gasteiger charge is -2.16. The fraction of sp³-hybridized carbons (Fsp3) is 0.250. The molecule has 7 nitrogen and oxygen atoms in total. The van der Waals surface area contributed by atoms with Gasteiger partial charge in [-0.1, -0.05) is 0 Å². The molecule has 0 fully saturated rings. The van der Waals surface area contributed by atoms with E-state index in [4.69, 9.17) is 9.47 Å². The number of ether oxygens (including phenoxy) is 2. The topological polar surface area (TPSA) is 92.7 Å². The summed E-state index contributed by atoms with van der Waals surface area (Å²) in [5.41, 5.74) is 1.15. The van der Waals surface area contributed by atoms with Gasteiger partial charge in [0.15, 0.2) is 0 Å². The second kappa shape index (κ2) is 8.00. The van der Waals surface area contributed by atoms with E-state index in [1.165, 1.54) is 7.11 Å². The molecular formula is C16H19N3O4. The smallest absolute Gasteiger partial charge is 0.319 e. The molecule has 1 heterocycles. The van der Waals surface area contributed by atoms with Gasteiger partial charge in [-0.3, -0.25) is 4.98 Å². The summed E-state index contributed by atoms with van der Waals surface area (Å²) in [6, 6.07) is 8.03. The summed E-state index contributed by atoms with van der Waals surface area (Å²) in [6.07, 6.45) is 2.22. The van der Waals surface area contributed by atoms with Crippen LogP contribution in [0.15, 0.2) is 42.7 Å². The number of anilines is 1. The Morgan fingerprint density at radius 1 is 1.22 bits per heavy atom. The van der Waals surface area contributed by atoms with Gasteiger partial charge < -0.3 is 25.2 Å². The Kier molecular flexibility index (Phi) is 5.76. The number of pyridine rings is 1. The van der Waals surface area contributed by atoms with E-state index in [0.717, 1.165) is 0 Å². The number of urea groups is 1. The number of aliphatic hydroxyl groups excluding tert-OH is 1. The largest absolute Gasteiger partial charge is 0.497 e. The third-order valence-corrected chi connectivity index (χ3v) is 3.19. The van der Waals surface area contributed by atoms with E-state index in [2.05, 4.69) is 15.6 Å². The van der Waals surface area contributed by atoms with Gasteiger partial charge in [-0.05, 0) is 30.3 Å². The van der Waals surface area contributed by atoms with Crippen LogP contribution < -0.4 is 20.1 Å². The molecule has 1 atom stereocenters. The fourth-order valence-corrected chi connectivity index (χ4v) is 2.01. The molecule has 0 aliphatic rings. The summed E-state index contributed by atoms with van der Waals surface area (Å²) in [5.74, 6) is 1.12. The Morgan fingerprint density at radius 2 is 1.96 bits per heavy atom. The molecule has 0 radical (unpaired) electrons. The molecule has 23 heavy (non-hydrogen) atoms. The number of methoxy groups -OCH3 is 2. The Morgan fingerprint density at radius 3 is 2.61 bits per heavy atom. The van der Waals surface area contributed by atoms with E-state index in [0.29, 0.717) is 22.7 Å². The minimum absolute atomic E-state index is 0.0282. The van der Waals surface area contributed by atoms with Crippen molar-refractivity contribution in [2.24, 2.45) is 0 Å². The highest BCUT2D eigenvalue weighted by Gasteiger charge is 2.15. The Balaban J connectivity index is 1.96. The Bertz CT molecular complexity index is 649. The molecular weight excluding hydrogens is 298 g/mol. The predicted octanol–water partition coefficient (Wildman–Crippen LogP) is 1.95. The Hall–Kier alpha value is -2.80. The normalized spacial score (nSPS) is 11.4. The lowest BCUT2D eigenvalue weighted by atomic mass is 10.1. The first kappa shape index (κ1) is 16.6. The maximum atomic E-state index is 11.8. The van der Waals surface area contributed by atoms with Crippen molar-refractivity contribution < 1.29 is 19.4 Å². The molecule has 122 valence electrons. The van der Waals surface area contributed by atoms with Crippen molar-refractivity contribution in [2.75, 3.05) is 26.1 Å². The van der Waals surface area contributed by atoms with Crippen LogP contribution in [-0.2, 0) is 0 Å². The standard InChI is InChI=1S/C16H19N3O4/c1-22-12-3-4-15(23-2)13(9-12)14(20)10-18-16(21)19-11-5-7-17-8-6-11/h3-9,14,20H,10H2,1-2H3,(H2,17,18,19,21). The lowest BCUT2D eigenvalue weighted by Crippen LogP contribution is -2.32. The van der Waals surface area contributed by atoms with E-state index >= 15 is 0 Å². The van der Waals surface area contributed by atoms with Crippen LogP contribution in [0.1, 0.15) is 11.7 Å². The highest BCUT2D eigenvalue weighted by atomic mass is 16.5. The molecule has 1 unspecified atom stereocenters. The minimum atomic E-state index is -0.928. The van der Waals surface area contributed by atoms with Crippen molar-refractivity contribution >= 4 is 11.7 Å². The highest BCUT2D eigenvalue weighted by Crippen LogP contribution is 2.29. The zero-order chi connectivity index (χ0) is 16.7. The predicted molar refractivity (Wildman–Crippen MR) is 85.8 cm³/mol. The molecule has 0 saturated carbocycles. The molecule has 0 saturated heterocycles. The van der Waals surface area contributed by atoms with Gasteiger partial charge in [-0.15, -0.1) is 0 Å². The Labute approximate surface area is 134 Å². The lowest BCUT2D eigenvalue weighted by molar-refractivity contribution is 0.170. The number of hydrogen-bond donors (Lipinski definition) is 3. The molecule has 2 amide bonds. The number of nitrogens with one attached hydrogen (secondary N) is 2.